The molecule has 1 aromatic carbocycles. The van der Waals surface area contributed by atoms with Gasteiger partial charge in [-0.1, -0.05) is 36.2 Å². The van der Waals surface area contributed by atoms with Crippen LogP contribution >= 0.6 is 11.6 Å². The third kappa shape index (κ3) is 2.13. The van der Waals surface area contributed by atoms with Gasteiger partial charge < -0.3 is 10.3 Å². The molecule has 0 amide bonds. The quantitative estimate of drug-likeness (QED) is 0.909. The molecular formula is C12H12ClFN2O. The van der Waals surface area contributed by atoms with Gasteiger partial charge in [-0.05, 0) is 18.6 Å². The molecule has 2 rings (SSSR count). The van der Waals surface area contributed by atoms with Crippen molar-refractivity contribution in [3.05, 3.63) is 34.7 Å². The maximum Gasteiger partial charge on any atom is 0.230 e. The summed E-state index contributed by atoms with van der Waals surface area (Å²) < 4.78 is 18.7. The second kappa shape index (κ2) is 4.75. The fourth-order valence-electron chi connectivity index (χ4n) is 1.75. The van der Waals surface area contributed by atoms with Crippen molar-refractivity contribution in [3.8, 4) is 11.1 Å². The van der Waals surface area contributed by atoms with Crippen LogP contribution in [0.15, 0.2) is 22.7 Å². The molecule has 0 aliphatic heterocycles. The number of rotatable bonds is 3. The smallest absolute Gasteiger partial charge is 0.230 e. The Kier molecular flexibility index (Phi) is 3.33. The molecule has 0 saturated heterocycles. The van der Waals surface area contributed by atoms with E-state index in [1.165, 1.54) is 6.07 Å². The van der Waals surface area contributed by atoms with Gasteiger partial charge in [0.05, 0.1) is 16.3 Å². The lowest BCUT2D eigenvalue weighted by Gasteiger charge is -2.05. The lowest BCUT2D eigenvalue weighted by Crippen LogP contribution is -1.94. The van der Waals surface area contributed by atoms with E-state index in [1.54, 1.807) is 12.1 Å². The second-order valence-corrected chi connectivity index (χ2v) is 4.12. The minimum atomic E-state index is -0.426. The van der Waals surface area contributed by atoms with E-state index in [9.17, 15) is 4.39 Å². The number of aromatic nitrogens is 1. The van der Waals surface area contributed by atoms with Gasteiger partial charge in [-0.15, -0.1) is 0 Å². The fourth-order valence-corrected chi connectivity index (χ4v) is 2.01. The predicted octanol–water partition coefficient (Wildman–Crippen LogP) is 3.67. The summed E-state index contributed by atoms with van der Waals surface area (Å²) in [7, 11) is 0. The fraction of sp³-hybridized carbons (Fsp3) is 0.250. The Hall–Kier alpha value is -1.55. The molecule has 0 spiro atoms. The molecule has 3 nitrogen and oxygen atoms in total. The van der Waals surface area contributed by atoms with Gasteiger partial charge in [-0.2, -0.15) is 0 Å². The van der Waals surface area contributed by atoms with Crippen LogP contribution in [0, 0.1) is 5.82 Å². The van der Waals surface area contributed by atoms with Crippen molar-refractivity contribution >= 4 is 17.5 Å². The van der Waals surface area contributed by atoms with E-state index < -0.39 is 5.82 Å². The first kappa shape index (κ1) is 11.9. The molecular weight excluding hydrogens is 243 g/mol. The Balaban J connectivity index is 2.63. The minimum absolute atomic E-state index is 0.0976. The van der Waals surface area contributed by atoms with E-state index in [0.29, 0.717) is 22.7 Å². The predicted molar refractivity (Wildman–Crippen MR) is 65.3 cm³/mol. The van der Waals surface area contributed by atoms with Crippen molar-refractivity contribution in [1.29, 1.82) is 0 Å². The monoisotopic (exact) mass is 254 g/mol. The van der Waals surface area contributed by atoms with E-state index >= 15 is 0 Å². The molecule has 0 aliphatic rings. The molecule has 0 unspecified atom stereocenters. The summed E-state index contributed by atoms with van der Waals surface area (Å²) in [5, 5.41) is 4.14. The van der Waals surface area contributed by atoms with Crippen LogP contribution in [0.4, 0.5) is 10.3 Å². The van der Waals surface area contributed by atoms with Gasteiger partial charge in [0, 0.05) is 5.56 Å². The largest absolute Gasteiger partial charge is 0.367 e. The first-order valence-corrected chi connectivity index (χ1v) is 5.71. The molecule has 0 saturated carbocycles. The van der Waals surface area contributed by atoms with Gasteiger partial charge in [0.2, 0.25) is 5.88 Å². The molecule has 17 heavy (non-hydrogen) atoms. The third-order valence-electron chi connectivity index (χ3n) is 2.49. The van der Waals surface area contributed by atoms with Crippen LogP contribution < -0.4 is 5.73 Å². The summed E-state index contributed by atoms with van der Waals surface area (Å²) in [6.07, 6.45) is 1.53. The van der Waals surface area contributed by atoms with Crippen molar-refractivity contribution in [3.63, 3.8) is 0 Å². The molecule has 90 valence electrons. The van der Waals surface area contributed by atoms with Crippen molar-refractivity contribution in [2.45, 2.75) is 19.8 Å². The van der Waals surface area contributed by atoms with Gasteiger partial charge in [0.25, 0.3) is 0 Å². The molecule has 0 bridgehead atoms. The van der Waals surface area contributed by atoms with Gasteiger partial charge in [-0.25, -0.2) is 4.39 Å². The Morgan fingerprint density at radius 3 is 2.82 bits per heavy atom. The highest BCUT2D eigenvalue weighted by Gasteiger charge is 2.20. The van der Waals surface area contributed by atoms with Crippen LogP contribution in [0.3, 0.4) is 0 Å². The maximum absolute atomic E-state index is 13.8. The molecule has 0 fully saturated rings. The average molecular weight is 255 g/mol. The number of hydrogen-bond donors (Lipinski definition) is 1. The third-order valence-corrected chi connectivity index (χ3v) is 2.80. The number of halogens is 2. The van der Waals surface area contributed by atoms with E-state index in [1.807, 2.05) is 6.92 Å². The summed E-state index contributed by atoms with van der Waals surface area (Å²) in [6, 6.07) is 4.50. The number of aryl methyl sites for hydroxylation is 1. The zero-order valence-electron chi connectivity index (χ0n) is 9.34. The Morgan fingerprint density at radius 1 is 1.41 bits per heavy atom. The van der Waals surface area contributed by atoms with Crippen molar-refractivity contribution < 1.29 is 8.91 Å². The second-order valence-electron chi connectivity index (χ2n) is 3.72. The van der Waals surface area contributed by atoms with E-state index in [-0.39, 0.29) is 11.4 Å². The molecule has 1 heterocycles. The number of nitrogens with zero attached hydrogens (tertiary/aromatic N) is 1. The van der Waals surface area contributed by atoms with Crippen molar-refractivity contribution in [2.75, 3.05) is 5.73 Å². The normalized spacial score (nSPS) is 10.8. The number of nitrogen functional groups attached to an aromatic ring is 1. The van der Waals surface area contributed by atoms with Crippen LogP contribution in [-0.2, 0) is 6.42 Å². The summed E-state index contributed by atoms with van der Waals surface area (Å²) >= 11 is 6.00. The van der Waals surface area contributed by atoms with Crippen molar-refractivity contribution in [1.82, 2.24) is 5.16 Å². The highest BCUT2D eigenvalue weighted by Crippen LogP contribution is 2.37. The lowest BCUT2D eigenvalue weighted by atomic mass is 10.0. The Labute approximate surface area is 103 Å². The van der Waals surface area contributed by atoms with Gasteiger partial charge >= 0.3 is 0 Å². The zero-order chi connectivity index (χ0) is 12.4. The summed E-state index contributed by atoms with van der Waals surface area (Å²) in [6.45, 7) is 2.00. The van der Waals surface area contributed by atoms with Crippen LogP contribution in [-0.4, -0.2) is 5.16 Å². The highest BCUT2D eigenvalue weighted by molar-refractivity contribution is 6.33. The SMILES string of the molecule is CCCc1noc(N)c1-c1c(F)cccc1Cl. The number of hydrogen-bond acceptors (Lipinski definition) is 3. The summed E-state index contributed by atoms with van der Waals surface area (Å²) in [5.74, 6) is -0.329. The molecule has 0 aliphatic carbocycles. The van der Waals surface area contributed by atoms with Gasteiger partial charge in [0.15, 0.2) is 0 Å². The molecule has 2 aromatic rings. The van der Waals surface area contributed by atoms with Crippen LogP contribution in [0.25, 0.3) is 11.1 Å². The topological polar surface area (TPSA) is 52.0 Å². The highest BCUT2D eigenvalue weighted by atomic mass is 35.5. The van der Waals surface area contributed by atoms with Crippen LogP contribution in [0.2, 0.25) is 5.02 Å². The van der Waals surface area contributed by atoms with E-state index in [4.69, 9.17) is 21.9 Å². The van der Waals surface area contributed by atoms with Crippen molar-refractivity contribution in [2.24, 2.45) is 0 Å². The molecule has 0 atom stereocenters. The molecule has 0 radical (unpaired) electrons. The minimum Gasteiger partial charge on any atom is -0.367 e. The number of benzene rings is 1. The van der Waals surface area contributed by atoms with E-state index in [0.717, 1.165) is 6.42 Å². The van der Waals surface area contributed by atoms with Gasteiger partial charge in [0.1, 0.15) is 5.82 Å². The maximum atomic E-state index is 13.8. The first-order chi connectivity index (χ1) is 8.15. The zero-order valence-corrected chi connectivity index (χ0v) is 10.1. The van der Waals surface area contributed by atoms with Crippen LogP contribution in [0.1, 0.15) is 19.0 Å². The number of nitrogens with two attached hydrogens (primary N) is 1. The molecule has 1 aromatic heterocycles. The summed E-state index contributed by atoms with van der Waals surface area (Å²) in [4.78, 5) is 0. The van der Waals surface area contributed by atoms with Crippen LogP contribution in [0.5, 0.6) is 0 Å². The molecule has 5 heteroatoms. The van der Waals surface area contributed by atoms with E-state index in [2.05, 4.69) is 5.16 Å². The Morgan fingerprint density at radius 2 is 2.18 bits per heavy atom. The Bertz CT molecular complexity index is 519. The summed E-state index contributed by atoms with van der Waals surface area (Å²) in [5.41, 5.74) is 7.05. The first-order valence-electron chi connectivity index (χ1n) is 5.33. The number of anilines is 1. The van der Waals surface area contributed by atoms with Gasteiger partial charge in [-0.3, -0.25) is 0 Å². The lowest BCUT2D eigenvalue weighted by molar-refractivity contribution is 0.427. The average Bonchev–Trinajstić information content (AvgIpc) is 2.62. The standard InChI is InChI=1S/C12H12ClFN2O/c1-2-4-9-11(12(15)17-16-9)10-7(13)5-3-6-8(10)14/h3,5-6H,2,4,15H2,1H3. The molecule has 2 N–H and O–H groups in total.